The van der Waals surface area contributed by atoms with Gasteiger partial charge < -0.3 is 20.8 Å². The van der Waals surface area contributed by atoms with Gasteiger partial charge in [-0.2, -0.15) is 0 Å². The number of hydrogen-bond donors (Lipinski definition) is 3. The van der Waals surface area contributed by atoms with E-state index in [0.717, 1.165) is 12.8 Å². The fourth-order valence-corrected chi connectivity index (χ4v) is 2.60. The fraction of sp³-hybridized carbons (Fsp3) is 0.500. The molecule has 0 saturated carbocycles. The molecular weight excluding hydrogens is 244 g/mol. The zero-order chi connectivity index (χ0) is 14.0. The van der Waals surface area contributed by atoms with Gasteiger partial charge >= 0.3 is 0 Å². The molecule has 0 bridgehead atoms. The summed E-state index contributed by atoms with van der Waals surface area (Å²) in [7, 11) is 0. The van der Waals surface area contributed by atoms with Crippen molar-refractivity contribution in [3.63, 3.8) is 0 Å². The van der Waals surface area contributed by atoms with Crippen LogP contribution in [0.15, 0.2) is 18.2 Å². The quantitative estimate of drug-likeness (QED) is 0.703. The van der Waals surface area contributed by atoms with Crippen molar-refractivity contribution in [3.8, 4) is 11.5 Å². The van der Waals surface area contributed by atoms with E-state index in [-0.39, 0.29) is 29.0 Å². The molecule has 1 amide bonds. The molecule has 1 heterocycles. The molecule has 1 saturated heterocycles. The smallest absolute Gasteiger partial charge is 0.258 e. The molecule has 5 nitrogen and oxygen atoms in total. The van der Waals surface area contributed by atoms with Crippen LogP contribution in [0.25, 0.3) is 0 Å². The van der Waals surface area contributed by atoms with Gasteiger partial charge in [0.15, 0.2) is 11.5 Å². The van der Waals surface area contributed by atoms with E-state index in [1.807, 2.05) is 0 Å². The highest BCUT2D eigenvalue weighted by atomic mass is 16.3. The summed E-state index contributed by atoms with van der Waals surface area (Å²) in [6, 6.07) is 4.41. The van der Waals surface area contributed by atoms with E-state index < -0.39 is 0 Å². The third-order valence-corrected chi connectivity index (χ3v) is 3.76. The molecule has 1 aliphatic heterocycles. The van der Waals surface area contributed by atoms with Crippen LogP contribution in [0.2, 0.25) is 0 Å². The van der Waals surface area contributed by atoms with Crippen molar-refractivity contribution in [1.82, 2.24) is 4.90 Å². The Bertz CT molecular complexity index is 476. The van der Waals surface area contributed by atoms with E-state index in [2.05, 4.69) is 6.92 Å². The Hall–Kier alpha value is -1.75. The molecule has 4 N–H and O–H groups in total. The van der Waals surface area contributed by atoms with Crippen LogP contribution in [-0.4, -0.2) is 40.2 Å². The highest BCUT2D eigenvalue weighted by molar-refractivity contribution is 5.97. The number of phenols is 2. The van der Waals surface area contributed by atoms with Gasteiger partial charge in [-0.15, -0.1) is 0 Å². The maximum absolute atomic E-state index is 12.4. The number of benzene rings is 1. The second-order valence-corrected chi connectivity index (χ2v) is 5.19. The Morgan fingerprint density at radius 2 is 2.21 bits per heavy atom. The molecule has 1 aliphatic rings. The number of para-hydroxylation sites is 1. The lowest BCUT2D eigenvalue weighted by Crippen LogP contribution is -2.49. The van der Waals surface area contributed by atoms with Gasteiger partial charge in [0.1, 0.15) is 0 Å². The van der Waals surface area contributed by atoms with Gasteiger partial charge in [-0.1, -0.05) is 13.0 Å². The molecular formula is C14H20N2O3. The van der Waals surface area contributed by atoms with Crippen LogP contribution < -0.4 is 5.73 Å². The standard InChI is InChI=1S/C14H20N2O3/c1-9-5-6-16(10(7-9)8-15)14(19)11-3-2-4-12(17)13(11)18/h2-4,9-10,17-18H,5-8,15H2,1H3. The number of amides is 1. The first kappa shape index (κ1) is 13.7. The Balaban J connectivity index is 2.25. The summed E-state index contributed by atoms with van der Waals surface area (Å²) >= 11 is 0. The highest BCUT2D eigenvalue weighted by Crippen LogP contribution is 2.31. The molecule has 0 aliphatic carbocycles. The van der Waals surface area contributed by atoms with Crippen molar-refractivity contribution in [2.75, 3.05) is 13.1 Å². The van der Waals surface area contributed by atoms with E-state index in [1.54, 1.807) is 11.0 Å². The number of nitrogens with two attached hydrogens (primary N) is 1. The number of likely N-dealkylation sites (tertiary alicyclic amines) is 1. The van der Waals surface area contributed by atoms with Gasteiger partial charge in [0.25, 0.3) is 5.91 Å². The average molecular weight is 264 g/mol. The van der Waals surface area contributed by atoms with Crippen molar-refractivity contribution in [2.24, 2.45) is 11.7 Å². The van der Waals surface area contributed by atoms with E-state index in [9.17, 15) is 15.0 Å². The molecule has 0 spiro atoms. The largest absolute Gasteiger partial charge is 0.504 e. The molecule has 19 heavy (non-hydrogen) atoms. The lowest BCUT2D eigenvalue weighted by Gasteiger charge is -2.38. The summed E-state index contributed by atoms with van der Waals surface area (Å²) in [6.07, 6.45) is 1.81. The second-order valence-electron chi connectivity index (χ2n) is 5.19. The predicted octanol–water partition coefficient (Wildman–Crippen LogP) is 1.30. The summed E-state index contributed by atoms with van der Waals surface area (Å²) in [5.74, 6) is -0.353. The van der Waals surface area contributed by atoms with E-state index in [4.69, 9.17) is 5.73 Å². The average Bonchev–Trinajstić information content (AvgIpc) is 2.41. The normalized spacial score (nSPS) is 23.4. The molecule has 2 rings (SSSR count). The molecule has 104 valence electrons. The van der Waals surface area contributed by atoms with Crippen LogP contribution in [-0.2, 0) is 0 Å². The topological polar surface area (TPSA) is 86.8 Å². The Kier molecular flexibility index (Phi) is 3.95. The van der Waals surface area contributed by atoms with Crippen LogP contribution in [0.1, 0.15) is 30.1 Å². The molecule has 0 aromatic heterocycles. The number of phenolic OH excluding ortho intramolecular Hbond substituents is 2. The van der Waals surface area contributed by atoms with Crippen LogP contribution in [0.5, 0.6) is 11.5 Å². The molecule has 1 fully saturated rings. The lowest BCUT2D eigenvalue weighted by atomic mass is 9.92. The Morgan fingerprint density at radius 1 is 1.47 bits per heavy atom. The minimum atomic E-state index is -0.359. The van der Waals surface area contributed by atoms with E-state index >= 15 is 0 Å². The number of piperidine rings is 1. The monoisotopic (exact) mass is 264 g/mol. The van der Waals surface area contributed by atoms with E-state index in [0.29, 0.717) is 19.0 Å². The minimum Gasteiger partial charge on any atom is -0.504 e. The first-order valence-corrected chi connectivity index (χ1v) is 6.56. The second kappa shape index (κ2) is 5.48. The summed E-state index contributed by atoms with van der Waals surface area (Å²) in [6.45, 7) is 3.20. The first-order valence-electron chi connectivity index (χ1n) is 6.56. The number of carbonyl (C=O) groups is 1. The van der Waals surface area contributed by atoms with Gasteiger partial charge in [0.2, 0.25) is 0 Å². The first-order chi connectivity index (χ1) is 9.04. The Labute approximate surface area is 112 Å². The van der Waals surface area contributed by atoms with Gasteiger partial charge in [0, 0.05) is 19.1 Å². The highest BCUT2D eigenvalue weighted by Gasteiger charge is 2.30. The van der Waals surface area contributed by atoms with Crippen molar-refractivity contribution in [3.05, 3.63) is 23.8 Å². The van der Waals surface area contributed by atoms with Crippen molar-refractivity contribution in [2.45, 2.75) is 25.8 Å². The summed E-state index contributed by atoms with van der Waals surface area (Å²) < 4.78 is 0. The van der Waals surface area contributed by atoms with Crippen LogP contribution in [0.3, 0.4) is 0 Å². The number of carbonyl (C=O) groups excluding carboxylic acids is 1. The third kappa shape index (κ3) is 2.66. The van der Waals surface area contributed by atoms with Gasteiger partial charge in [-0.3, -0.25) is 4.79 Å². The molecule has 1 aromatic carbocycles. The predicted molar refractivity (Wildman–Crippen MR) is 72.0 cm³/mol. The van der Waals surface area contributed by atoms with Crippen molar-refractivity contribution < 1.29 is 15.0 Å². The minimum absolute atomic E-state index is 0.00185. The van der Waals surface area contributed by atoms with Crippen LogP contribution >= 0.6 is 0 Å². The molecule has 2 atom stereocenters. The number of nitrogens with zero attached hydrogens (tertiary/aromatic N) is 1. The molecule has 0 radical (unpaired) electrons. The molecule has 2 unspecified atom stereocenters. The van der Waals surface area contributed by atoms with Crippen LogP contribution in [0.4, 0.5) is 0 Å². The number of hydrogen-bond acceptors (Lipinski definition) is 4. The maximum Gasteiger partial charge on any atom is 0.258 e. The zero-order valence-corrected chi connectivity index (χ0v) is 11.0. The lowest BCUT2D eigenvalue weighted by molar-refractivity contribution is 0.0570. The summed E-state index contributed by atoms with van der Waals surface area (Å²) in [5, 5.41) is 19.2. The van der Waals surface area contributed by atoms with Crippen LogP contribution in [0, 0.1) is 5.92 Å². The number of rotatable bonds is 2. The maximum atomic E-state index is 12.4. The number of aromatic hydroxyl groups is 2. The fourth-order valence-electron chi connectivity index (χ4n) is 2.60. The van der Waals surface area contributed by atoms with Gasteiger partial charge in [0.05, 0.1) is 5.56 Å². The molecule has 5 heteroatoms. The SMILES string of the molecule is CC1CCN(C(=O)c2cccc(O)c2O)C(CN)C1. The zero-order valence-electron chi connectivity index (χ0n) is 11.0. The van der Waals surface area contributed by atoms with Gasteiger partial charge in [-0.05, 0) is 30.9 Å². The summed E-state index contributed by atoms with van der Waals surface area (Å²) in [5.41, 5.74) is 5.87. The van der Waals surface area contributed by atoms with E-state index in [1.165, 1.54) is 12.1 Å². The van der Waals surface area contributed by atoms with Gasteiger partial charge in [-0.25, -0.2) is 0 Å². The third-order valence-electron chi connectivity index (χ3n) is 3.76. The van der Waals surface area contributed by atoms with Crippen molar-refractivity contribution >= 4 is 5.91 Å². The van der Waals surface area contributed by atoms with Crippen molar-refractivity contribution in [1.29, 1.82) is 0 Å². The Morgan fingerprint density at radius 3 is 2.89 bits per heavy atom. The molecule has 1 aromatic rings. The summed E-state index contributed by atoms with van der Waals surface area (Å²) in [4.78, 5) is 14.2.